The Hall–Kier alpha value is -3.86. The van der Waals surface area contributed by atoms with E-state index in [1.807, 2.05) is 0 Å². The molecule has 0 bridgehead atoms. The van der Waals surface area contributed by atoms with Gasteiger partial charge in [-0.25, -0.2) is 18.2 Å². The van der Waals surface area contributed by atoms with Gasteiger partial charge in [0, 0.05) is 43.7 Å². The Labute approximate surface area is 184 Å². The van der Waals surface area contributed by atoms with Crippen LogP contribution in [-0.4, -0.2) is 59.0 Å². The monoisotopic (exact) mass is 450 g/mol. The van der Waals surface area contributed by atoms with Gasteiger partial charge in [-0.05, 0) is 17.7 Å². The van der Waals surface area contributed by atoms with Crippen LogP contribution in [0.4, 0.5) is 13.2 Å². The van der Waals surface area contributed by atoms with Crippen molar-refractivity contribution in [2.45, 2.75) is 18.9 Å². The van der Waals surface area contributed by atoms with E-state index in [4.69, 9.17) is 0 Å². The van der Waals surface area contributed by atoms with E-state index in [2.05, 4.69) is 35.1 Å². The molecular weight excluding hydrogens is 433 g/mol. The van der Waals surface area contributed by atoms with Crippen LogP contribution < -0.4 is 0 Å². The van der Waals surface area contributed by atoms with Crippen LogP contribution >= 0.6 is 0 Å². The Morgan fingerprint density at radius 3 is 2.79 bits per heavy atom. The summed E-state index contributed by atoms with van der Waals surface area (Å²) < 4.78 is 42.8. The fourth-order valence-corrected chi connectivity index (χ4v) is 4.22. The fourth-order valence-electron chi connectivity index (χ4n) is 4.22. The third-order valence-electron chi connectivity index (χ3n) is 5.78. The summed E-state index contributed by atoms with van der Waals surface area (Å²) in [6, 6.07) is 3.50. The molecule has 0 unspecified atom stereocenters. The number of aromatic amines is 2. The first-order valence-corrected chi connectivity index (χ1v) is 10.3. The highest BCUT2D eigenvalue weighted by molar-refractivity contribution is 5.95. The lowest BCUT2D eigenvalue weighted by atomic mass is 10.1. The van der Waals surface area contributed by atoms with E-state index in [1.54, 1.807) is 35.6 Å². The van der Waals surface area contributed by atoms with Gasteiger partial charge in [-0.15, -0.1) is 0 Å². The molecule has 6 heterocycles. The zero-order valence-electron chi connectivity index (χ0n) is 17.2. The molecule has 1 aliphatic rings. The van der Waals surface area contributed by atoms with E-state index in [9.17, 15) is 8.78 Å². The number of hydrogen-bond donors (Lipinski definition) is 2. The molecule has 0 radical (unpaired) electrons. The van der Waals surface area contributed by atoms with E-state index >= 15 is 4.39 Å². The maximum atomic E-state index is 15.7. The van der Waals surface area contributed by atoms with Crippen molar-refractivity contribution in [3.63, 3.8) is 0 Å². The lowest BCUT2D eigenvalue weighted by Gasteiger charge is -2.15. The number of aromatic nitrogens is 7. The molecule has 8 nitrogen and oxygen atoms in total. The van der Waals surface area contributed by atoms with Crippen LogP contribution in [0.3, 0.4) is 0 Å². The number of H-pyrrole nitrogens is 2. The van der Waals surface area contributed by atoms with Gasteiger partial charge in [-0.2, -0.15) is 5.10 Å². The number of rotatable bonds is 4. The Morgan fingerprint density at radius 2 is 1.97 bits per heavy atom. The van der Waals surface area contributed by atoms with Crippen molar-refractivity contribution in [1.29, 1.82) is 0 Å². The molecule has 33 heavy (non-hydrogen) atoms. The van der Waals surface area contributed by atoms with Crippen LogP contribution in [0, 0.1) is 5.82 Å². The molecule has 0 amide bonds. The lowest BCUT2D eigenvalue weighted by molar-refractivity contribution is 0.0115. The summed E-state index contributed by atoms with van der Waals surface area (Å²) in [6.45, 7) is 0.326. The van der Waals surface area contributed by atoms with E-state index in [-0.39, 0.29) is 24.0 Å². The number of alkyl halides is 2. The summed E-state index contributed by atoms with van der Waals surface area (Å²) in [4.78, 5) is 21.8. The summed E-state index contributed by atoms with van der Waals surface area (Å²) >= 11 is 0. The molecule has 0 spiro atoms. The van der Waals surface area contributed by atoms with Crippen LogP contribution in [0.25, 0.3) is 44.7 Å². The van der Waals surface area contributed by atoms with Crippen LogP contribution in [0.2, 0.25) is 0 Å². The predicted molar refractivity (Wildman–Crippen MR) is 115 cm³/mol. The number of nitrogens with zero attached hydrogens (tertiary/aromatic N) is 6. The summed E-state index contributed by atoms with van der Waals surface area (Å²) in [7, 11) is 0. The molecule has 0 aromatic carbocycles. The summed E-state index contributed by atoms with van der Waals surface area (Å²) in [6.07, 6.45) is 7.70. The van der Waals surface area contributed by atoms with Gasteiger partial charge < -0.3 is 4.98 Å². The SMILES string of the molecule is Fc1c(-c2cncc(CN3CCC(F)(F)C3)c2)ncc2[nH]nc(-c3nc4cnccc4[nH]3)c12. The first-order valence-electron chi connectivity index (χ1n) is 10.3. The van der Waals surface area contributed by atoms with Crippen LogP contribution in [-0.2, 0) is 6.54 Å². The number of fused-ring (bicyclic) bond motifs is 2. The largest absolute Gasteiger partial charge is 0.336 e. The Balaban J connectivity index is 1.39. The number of nitrogens with one attached hydrogen (secondary N) is 2. The third kappa shape index (κ3) is 3.50. The molecule has 1 fully saturated rings. The minimum Gasteiger partial charge on any atom is -0.336 e. The number of halogens is 3. The predicted octanol–water partition coefficient (Wildman–Crippen LogP) is 3.94. The highest BCUT2D eigenvalue weighted by atomic mass is 19.3. The minimum atomic E-state index is -2.67. The van der Waals surface area contributed by atoms with Gasteiger partial charge in [-0.1, -0.05) is 0 Å². The van der Waals surface area contributed by atoms with Gasteiger partial charge in [0.25, 0.3) is 5.92 Å². The number of hydrogen-bond acceptors (Lipinski definition) is 6. The summed E-state index contributed by atoms with van der Waals surface area (Å²) in [5.41, 5.74) is 3.42. The summed E-state index contributed by atoms with van der Waals surface area (Å²) in [5, 5.41) is 7.29. The molecule has 1 aliphatic heterocycles. The highest BCUT2D eigenvalue weighted by Crippen LogP contribution is 2.33. The average molecular weight is 450 g/mol. The first kappa shape index (κ1) is 19.8. The topological polar surface area (TPSA) is 99.3 Å². The zero-order valence-corrected chi connectivity index (χ0v) is 17.2. The molecule has 6 rings (SSSR count). The maximum Gasteiger partial charge on any atom is 0.261 e. The smallest absolute Gasteiger partial charge is 0.261 e. The van der Waals surface area contributed by atoms with Gasteiger partial charge >= 0.3 is 0 Å². The molecule has 11 heteroatoms. The average Bonchev–Trinajstić information content (AvgIpc) is 3.50. The second-order valence-corrected chi connectivity index (χ2v) is 8.16. The van der Waals surface area contributed by atoms with Crippen molar-refractivity contribution in [3.8, 4) is 22.8 Å². The molecule has 0 saturated carbocycles. The zero-order chi connectivity index (χ0) is 22.6. The van der Waals surface area contributed by atoms with E-state index in [0.717, 1.165) is 5.52 Å². The van der Waals surface area contributed by atoms with Gasteiger partial charge in [-0.3, -0.25) is 25.0 Å². The van der Waals surface area contributed by atoms with Gasteiger partial charge in [0.2, 0.25) is 0 Å². The molecule has 2 N–H and O–H groups in total. The van der Waals surface area contributed by atoms with Crippen LogP contribution in [0.1, 0.15) is 12.0 Å². The number of pyridine rings is 3. The Kier molecular flexibility index (Phi) is 4.40. The molecule has 0 atom stereocenters. The van der Waals surface area contributed by atoms with Gasteiger partial charge in [0.15, 0.2) is 11.6 Å². The second kappa shape index (κ2) is 7.34. The van der Waals surface area contributed by atoms with E-state index in [0.29, 0.717) is 46.8 Å². The Bertz CT molecular complexity index is 1460. The summed E-state index contributed by atoms with van der Waals surface area (Å²) in [5.74, 6) is -2.84. The highest BCUT2D eigenvalue weighted by Gasteiger charge is 2.38. The lowest BCUT2D eigenvalue weighted by Crippen LogP contribution is -2.24. The number of imidazole rings is 1. The van der Waals surface area contributed by atoms with Crippen molar-refractivity contribution >= 4 is 21.9 Å². The van der Waals surface area contributed by atoms with E-state index < -0.39 is 11.7 Å². The molecule has 5 aromatic heterocycles. The van der Waals surface area contributed by atoms with Crippen LogP contribution in [0.5, 0.6) is 0 Å². The normalized spacial score (nSPS) is 16.2. The quantitative estimate of drug-likeness (QED) is 0.430. The molecule has 0 aliphatic carbocycles. The van der Waals surface area contributed by atoms with Gasteiger partial charge in [0.05, 0.1) is 35.4 Å². The molecule has 5 aromatic rings. The molecule has 166 valence electrons. The maximum absolute atomic E-state index is 15.7. The molecular formula is C22H17F3N8. The number of likely N-dealkylation sites (tertiary alicyclic amines) is 1. The third-order valence-corrected chi connectivity index (χ3v) is 5.78. The fraction of sp³-hybridized carbons (Fsp3) is 0.227. The minimum absolute atomic E-state index is 0.101. The van der Waals surface area contributed by atoms with Crippen molar-refractivity contribution in [3.05, 3.63) is 54.5 Å². The van der Waals surface area contributed by atoms with Gasteiger partial charge in [0.1, 0.15) is 16.9 Å². The molecule has 1 saturated heterocycles. The van der Waals surface area contributed by atoms with Crippen molar-refractivity contribution in [2.75, 3.05) is 13.1 Å². The Morgan fingerprint density at radius 1 is 1.06 bits per heavy atom. The van der Waals surface area contributed by atoms with Crippen molar-refractivity contribution < 1.29 is 13.2 Å². The first-order chi connectivity index (χ1) is 16.0. The van der Waals surface area contributed by atoms with E-state index in [1.165, 1.54) is 12.4 Å². The second-order valence-electron chi connectivity index (χ2n) is 8.16. The van der Waals surface area contributed by atoms with Crippen LogP contribution in [0.15, 0.2) is 43.1 Å². The van der Waals surface area contributed by atoms with Crippen molar-refractivity contribution in [2.24, 2.45) is 0 Å². The standard InChI is InChI=1S/C22H17F3N8/c23-18-17-16(31-32-20(17)21-29-14-1-3-26-8-15(14)30-21)9-28-19(18)13-5-12(6-27-7-13)10-33-4-2-22(24,25)11-33/h1,3,5-9H,2,4,10-11H2,(H,29,30)(H,31,32). The van der Waals surface area contributed by atoms with Crippen molar-refractivity contribution in [1.82, 2.24) is 40.0 Å².